The molecule has 1 aromatic carbocycles. The minimum Gasteiger partial charge on any atom is -0.490 e. The van der Waals surface area contributed by atoms with Crippen molar-refractivity contribution in [1.29, 1.82) is 0 Å². The summed E-state index contributed by atoms with van der Waals surface area (Å²) in [5.41, 5.74) is -0.454. The van der Waals surface area contributed by atoms with Gasteiger partial charge in [-0.3, -0.25) is 15.0 Å². The van der Waals surface area contributed by atoms with Crippen LogP contribution in [0.1, 0.15) is 46.5 Å². The molecule has 9 nitrogen and oxygen atoms in total. The van der Waals surface area contributed by atoms with Crippen LogP contribution in [0.5, 0.6) is 5.75 Å². The Kier molecular flexibility index (Phi) is 7.66. The first-order valence-electron chi connectivity index (χ1n) is 11.5. The van der Waals surface area contributed by atoms with Gasteiger partial charge in [-0.05, 0) is 52.4 Å². The van der Waals surface area contributed by atoms with Gasteiger partial charge in [0, 0.05) is 50.4 Å². The zero-order valence-electron chi connectivity index (χ0n) is 19.9. The van der Waals surface area contributed by atoms with Crippen LogP contribution < -0.4 is 9.64 Å². The first kappa shape index (κ1) is 25.0. The van der Waals surface area contributed by atoms with Crippen LogP contribution in [0, 0.1) is 21.8 Å². The second-order valence-electron chi connectivity index (χ2n) is 10.0. The minimum atomic E-state index is -0.850. The Labute approximate surface area is 194 Å². The van der Waals surface area contributed by atoms with E-state index >= 15 is 0 Å². The zero-order valence-corrected chi connectivity index (χ0v) is 19.9. The molecule has 1 aliphatic carbocycles. The maximum atomic E-state index is 14.6. The fourth-order valence-electron chi connectivity index (χ4n) is 5.19. The quantitative estimate of drug-likeness (QED) is 0.495. The van der Waals surface area contributed by atoms with Crippen molar-refractivity contribution >= 4 is 17.5 Å². The third-order valence-corrected chi connectivity index (χ3v) is 6.78. The van der Waals surface area contributed by atoms with E-state index in [-0.39, 0.29) is 17.5 Å². The highest BCUT2D eigenvalue weighted by Crippen LogP contribution is 2.35. The molecule has 1 amide bonds. The molecule has 2 fully saturated rings. The predicted molar refractivity (Wildman–Crippen MR) is 124 cm³/mol. The number of hydrogen-bond acceptors (Lipinski definition) is 6. The first-order chi connectivity index (χ1) is 15.5. The van der Waals surface area contributed by atoms with E-state index in [0.717, 1.165) is 51.4 Å². The average Bonchev–Trinajstić information content (AvgIpc) is 2.74. The summed E-state index contributed by atoms with van der Waals surface area (Å²) in [5, 5.41) is 20.7. The Morgan fingerprint density at radius 3 is 2.30 bits per heavy atom. The summed E-state index contributed by atoms with van der Waals surface area (Å²) in [7, 11) is 1.34. The first-order valence-corrected chi connectivity index (χ1v) is 11.5. The van der Waals surface area contributed by atoms with Crippen LogP contribution in [0.25, 0.3) is 0 Å². The van der Waals surface area contributed by atoms with Crippen LogP contribution in [-0.4, -0.2) is 77.3 Å². The number of benzene rings is 1. The van der Waals surface area contributed by atoms with E-state index in [0.29, 0.717) is 24.7 Å². The molecule has 1 aromatic rings. The molecule has 1 N–H and O–H groups in total. The molecule has 1 saturated carbocycles. The number of carboxylic acid groups (broad SMARTS) is 1. The number of rotatable bonds is 6. The standard InChI is InChI=1S/C23H35FN4O5/c1-23(2,3)27(22(29)30)17-7-5-16(6-8-17)15-25-9-11-26(12-10-25)19-14-21(33-4)20(28(31)32)13-18(19)24/h13-14,16-17H,5-12,15H2,1-4H3,(H,29,30). The van der Waals surface area contributed by atoms with Crippen molar-refractivity contribution in [3.8, 4) is 5.75 Å². The molecule has 33 heavy (non-hydrogen) atoms. The van der Waals surface area contributed by atoms with Crippen LogP contribution >= 0.6 is 0 Å². The number of methoxy groups -OCH3 is 1. The van der Waals surface area contributed by atoms with Gasteiger partial charge in [-0.1, -0.05) is 0 Å². The third kappa shape index (κ3) is 5.85. The van der Waals surface area contributed by atoms with Crippen LogP contribution in [0.4, 0.5) is 20.6 Å². The average molecular weight is 467 g/mol. The molecule has 2 aliphatic rings. The van der Waals surface area contributed by atoms with Crippen molar-refractivity contribution in [3.63, 3.8) is 0 Å². The summed E-state index contributed by atoms with van der Waals surface area (Å²) in [6.07, 6.45) is 2.90. The molecule has 1 aliphatic heterocycles. The highest BCUT2D eigenvalue weighted by atomic mass is 19.1. The summed E-state index contributed by atoms with van der Waals surface area (Å²) in [6, 6.07) is 2.40. The highest BCUT2D eigenvalue weighted by Gasteiger charge is 2.36. The maximum Gasteiger partial charge on any atom is 0.407 e. The van der Waals surface area contributed by atoms with E-state index in [2.05, 4.69) is 4.90 Å². The van der Waals surface area contributed by atoms with Crippen molar-refractivity contribution in [2.75, 3.05) is 44.7 Å². The Balaban J connectivity index is 1.53. The highest BCUT2D eigenvalue weighted by molar-refractivity contribution is 5.66. The summed E-state index contributed by atoms with van der Waals surface area (Å²) in [4.78, 5) is 28.1. The van der Waals surface area contributed by atoms with Gasteiger partial charge in [0.15, 0.2) is 11.6 Å². The number of nitrogens with zero attached hydrogens (tertiary/aromatic N) is 4. The monoisotopic (exact) mass is 466 g/mol. The third-order valence-electron chi connectivity index (χ3n) is 6.78. The number of nitro benzene ring substituents is 1. The topological polar surface area (TPSA) is 99.4 Å². The van der Waals surface area contributed by atoms with Gasteiger partial charge >= 0.3 is 11.8 Å². The molecule has 0 aromatic heterocycles. The van der Waals surface area contributed by atoms with Gasteiger partial charge in [0.05, 0.1) is 23.8 Å². The number of piperazine rings is 1. The number of amides is 1. The van der Waals surface area contributed by atoms with E-state index in [1.807, 2.05) is 25.7 Å². The molecule has 1 heterocycles. The number of hydrogen-bond donors (Lipinski definition) is 1. The van der Waals surface area contributed by atoms with E-state index in [9.17, 15) is 24.4 Å². The Bertz CT molecular complexity index is 859. The largest absolute Gasteiger partial charge is 0.490 e. The van der Waals surface area contributed by atoms with Crippen LogP contribution in [-0.2, 0) is 0 Å². The van der Waals surface area contributed by atoms with Crippen LogP contribution in [0.2, 0.25) is 0 Å². The lowest BCUT2D eigenvalue weighted by Crippen LogP contribution is -2.53. The Morgan fingerprint density at radius 1 is 1.21 bits per heavy atom. The molecule has 10 heteroatoms. The molecule has 0 radical (unpaired) electrons. The van der Waals surface area contributed by atoms with Gasteiger partial charge in [0.1, 0.15) is 0 Å². The summed E-state index contributed by atoms with van der Waals surface area (Å²) >= 11 is 0. The number of nitro groups is 1. The molecule has 0 bridgehead atoms. The molecular weight excluding hydrogens is 431 g/mol. The number of carbonyl (C=O) groups is 1. The fourth-order valence-corrected chi connectivity index (χ4v) is 5.19. The summed E-state index contributed by atoms with van der Waals surface area (Å²) in [6.45, 7) is 9.59. The number of anilines is 1. The Hall–Kier alpha value is -2.62. The SMILES string of the molecule is COc1cc(N2CCN(CC3CCC(N(C(=O)O)C(C)(C)C)CC3)CC2)c(F)cc1[N+](=O)[O-]. The lowest BCUT2D eigenvalue weighted by Gasteiger charge is -2.44. The molecule has 1 saturated heterocycles. The minimum absolute atomic E-state index is 0.0567. The molecule has 3 rings (SSSR count). The second kappa shape index (κ2) is 10.1. The summed E-state index contributed by atoms with van der Waals surface area (Å²) in [5.74, 6) is -0.0306. The fraction of sp³-hybridized carbons (Fsp3) is 0.696. The van der Waals surface area contributed by atoms with Crippen molar-refractivity contribution in [2.24, 2.45) is 5.92 Å². The van der Waals surface area contributed by atoms with Gasteiger partial charge in [-0.25, -0.2) is 9.18 Å². The van der Waals surface area contributed by atoms with Crippen molar-refractivity contribution in [3.05, 3.63) is 28.1 Å². The lowest BCUT2D eigenvalue weighted by atomic mass is 9.83. The number of halogens is 1. The molecule has 0 spiro atoms. The predicted octanol–water partition coefficient (Wildman–Crippen LogP) is 4.20. The van der Waals surface area contributed by atoms with Gasteiger partial charge in [0.25, 0.3) is 0 Å². The van der Waals surface area contributed by atoms with Gasteiger partial charge in [0.2, 0.25) is 0 Å². The van der Waals surface area contributed by atoms with Gasteiger partial charge in [-0.2, -0.15) is 0 Å². The molecular formula is C23H35FN4O5. The zero-order chi connectivity index (χ0) is 24.3. The normalized spacial score (nSPS) is 22.2. The molecule has 0 unspecified atom stereocenters. The lowest BCUT2D eigenvalue weighted by molar-refractivity contribution is -0.385. The van der Waals surface area contributed by atoms with Crippen molar-refractivity contribution in [1.82, 2.24) is 9.80 Å². The van der Waals surface area contributed by atoms with Crippen molar-refractivity contribution in [2.45, 2.75) is 58.0 Å². The van der Waals surface area contributed by atoms with E-state index in [4.69, 9.17) is 4.74 Å². The Morgan fingerprint density at radius 2 is 1.82 bits per heavy atom. The van der Waals surface area contributed by atoms with Gasteiger partial charge < -0.3 is 19.6 Å². The van der Waals surface area contributed by atoms with Crippen LogP contribution in [0.15, 0.2) is 12.1 Å². The number of ether oxygens (including phenoxy) is 1. The maximum absolute atomic E-state index is 14.6. The van der Waals surface area contributed by atoms with E-state index in [1.165, 1.54) is 13.2 Å². The van der Waals surface area contributed by atoms with Crippen molar-refractivity contribution < 1.29 is 24.0 Å². The molecule has 184 valence electrons. The summed E-state index contributed by atoms with van der Waals surface area (Å²) < 4.78 is 19.7. The van der Waals surface area contributed by atoms with Gasteiger partial charge in [-0.15, -0.1) is 0 Å². The van der Waals surface area contributed by atoms with Crippen LogP contribution in [0.3, 0.4) is 0 Å². The van der Waals surface area contributed by atoms with E-state index < -0.39 is 22.4 Å². The smallest absolute Gasteiger partial charge is 0.407 e. The van der Waals surface area contributed by atoms with E-state index in [1.54, 1.807) is 4.90 Å². The molecule has 0 atom stereocenters. The second-order valence-corrected chi connectivity index (χ2v) is 10.0.